The molecule has 0 aromatic carbocycles. The first-order valence-corrected chi connectivity index (χ1v) is 5.71. The van der Waals surface area contributed by atoms with Gasteiger partial charge in [-0.2, -0.15) is 0 Å². The van der Waals surface area contributed by atoms with E-state index in [1.807, 2.05) is 18.3 Å². The van der Waals surface area contributed by atoms with E-state index in [2.05, 4.69) is 44.6 Å². The van der Waals surface area contributed by atoms with Crippen molar-refractivity contribution in [1.29, 1.82) is 0 Å². The van der Waals surface area contributed by atoms with Crippen LogP contribution in [-0.4, -0.2) is 23.0 Å². The SMILES string of the molecule is CC(N(C)Cc1ccc(N)nc1)C(C)(C)C. The first kappa shape index (κ1) is 13.0. The molecule has 0 aliphatic carbocycles. The Morgan fingerprint density at radius 3 is 2.44 bits per heavy atom. The summed E-state index contributed by atoms with van der Waals surface area (Å²) in [7, 11) is 2.15. The van der Waals surface area contributed by atoms with Gasteiger partial charge in [-0.1, -0.05) is 26.8 Å². The second-order valence-electron chi connectivity index (χ2n) is 5.55. The van der Waals surface area contributed by atoms with Crippen molar-refractivity contribution in [3.63, 3.8) is 0 Å². The molecule has 1 heterocycles. The van der Waals surface area contributed by atoms with Gasteiger partial charge >= 0.3 is 0 Å². The summed E-state index contributed by atoms with van der Waals surface area (Å²) in [6.45, 7) is 9.94. The Balaban J connectivity index is 2.64. The molecule has 3 nitrogen and oxygen atoms in total. The van der Waals surface area contributed by atoms with Crippen molar-refractivity contribution in [2.45, 2.75) is 40.3 Å². The van der Waals surface area contributed by atoms with Gasteiger partial charge in [-0.25, -0.2) is 4.98 Å². The zero-order chi connectivity index (χ0) is 12.3. The quantitative estimate of drug-likeness (QED) is 0.853. The third kappa shape index (κ3) is 3.49. The predicted molar refractivity (Wildman–Crippen MR) is 69.0 cm³/mol. The molecule has 0 aliphatic rings. The van der Waals surface area contributed by atoms with Gasteiger partial charge in [-0.15, -0.1) is 0 Å². The first-order chi connectivity index (χ1) is 7.30. The highest BCUT2D eigenvalue weighted by atomic mass is 15.1. The highest BCUT2D eigenvalue weighted by Crippen LogP contribution is 2.24. The zero-order valence-corrected chi connectivity index (χ0v) is 11.0. The smallest absolute Gasteiger partial charge is 0.123 e. The first-order valence-electron chi connectivity index (χ1n) is 5.71. The van der Waals surface area contributed by atoms with Crippen LogP contribution in [0.4, 0.5) is 5.82 Å². The maximum atomic E-state index is 5.56. The minimum absolute atomic E-state index is 0.288. The Morgan fingerprint density at radius 2 is 2.00 bits per heavy atom. The van der Waals surface area contributed by atoms with Gasteiger partial charge in [0.2, 0.25) is 0 Å². The fourth-order valence-corrected chi connectivity index (χ4v) is 1.62. The van der Waals surface area contributed by atoms with Crippen LogP contribution >= 0.6 is 0 Å². The lowest BCUT2D eigenvalue weighted by atomic mass is 9.87. The number of hydrogen-bond donors (Lipinski definition) is 1. The van der Waals surface area contributed by atoms with E-state index in [0.29, 0.717) is 11.9 Å². The molecule has 0 fully saturated rings. The highest BCUT2D eigenvalue weighted by molar-refractivity contribution is 5.29. The third-order valence-electron chi connectivity index (χ3n) is 3.19. The Morgan fingerprint density at radius 1 is 1.38 bits per heavy atom. The molecule has 1 aromatic heterocycles. The minimum Gasteiger partial charge on any atom is -0.384 e. The van der Waals surface area contributed by atoms with Crippen LogP contribution in [0, 0.1) is 5.41 Å². The molecule has 0 radical (unpaired) electrons. The van der Waals surface area contributed by atoms with Crippen molar-refractivity contribution >= 4 is 5.82 Å². The number of aromatic nitrogens is 1. The molecule has 0 saturated heterocycles. The molecule has 2 N–H and O–H groups in total. The van der Waals surface area contributed by atoms with E-state index >= 15 is 0 Å². The third-order valence-corrected chi connectivity index (χ3v) is 3.19. The van der Waals surface area contributed by atoms with Gasteiger partial charge in [0.05, 0.1) is 0 Å². The number of pyridine rings is 1. The van der Waals surface area contributed by atoms with Crippen LogP contribution in [-0.2, 0) is 6.54 Å². The van der Waals surface area contributed by atoms with Crippen LogP contribution in [0.15, 0.2) is 18.3 Å². The van der Waals surface area contributed by atoms with Gasteiger partial charge in [0.25, 0.3) is 0 Å². The summed E-state index contributed by atoms with van der Waals surface area (Å²) in [6.07, 6.45) is 1.85. The summed E-state index contributed by atoms with van der Waals surface area (Å²) in [5.74, 6) is 0.579. The molecule has 3 heteroatoms. The van der Waals surface area contributed by atoms with Gasteiger partial charge in [-0.05, 0) is 31.0 Å². The lowest BCUT2D eigenvalue weighted by Crippen LogP contribution is -2.38. The summed E-state index contributed by atoms with van der Waals surface area (Å²) in [6, 6.07) is 4.41. The molecule has 0 spiro atoms. The number of nitrogens with two attached hydrogens (primary N) is 1. The standard InChI is InChI=1S/C13H23N3/c1-10(13(2,3)4)16(5)9-11-6-7-12(14)15-8-11/h6-8,10H,9H2,1-5H3,(H2,14,15). The lowest BCUT2D eigenvalue weighted by Gasteiger charge is -2.35. The Kier molecular flexibility index (Phi) is 3.92. The fourth-order valence-electron chi connectivity index (χ4n) is 1.62. The number of nitrogens with zero attached hydrogens (tertiary/aromatic N) is 2. The van der Waals surface area contributed by atoms with Crippen LogP contribution in [0.25, 0.3) is 0 Å². The van der Waals surface area contributed by atoms with Crippen LogP contribution in [0.2, 0.25) is 0 Å². The van der Waals surface area contributed by atoms with E-state index in [9.17, 15) is 0 Å². The normalized spacial score (nSPS) is 14.1. The number of nitrogen functional groups attached to an aromatic ring is 1. The monoisotopic (exact) mass is 221 g/mol. The summed E-state index contributed by atoms with van der Waals surface area (Å²) in [5.41, 5.74) is 7.05. The number of hydrogen-bond acceptors (Lipinski definition) is 3. The molecule has 0 bridgehead atoms. The fraction of sp³-hybridized carbons (Fsp3) is 0.615. The van der Waals surface area contributed by atoms with E-state index in [1.165, 1.54) is 5.56 Å². The van der Waals surface area contributed by atoms with Crippen molar-refractivity contribution in [3.05, 3.63) is 23.9 Å². The van der Waals surface area contributed by atoms with E-state index in [1.54, 1.807) is 0 Å². The molecule has 0 saturated carbocycles. The van der Waals surface area contributed by atoms with Gasteiger partial charge in [0.15, 0.2) is 0 Å². The van der Waals surface area contributed by atoms with E-state index in [-0.39, 0.29) is 5.41 Å². The van der Waals surface area contributed by atoms with Crippen LogP contribution in [0.5, 0.6) is 0 Å². The van der Waals surface area contributed by atoms with Gasteiger partial charge in [0, 0.05) is 18.8 Å². The van der Waals surface area contributed by atoms with E-state index in [0.717, 1.165) is 6.54 Å². The molecule has 1 unspecified atom stereocenters. The average molecular weight is 221 g/mol. The van der Waals surface area contributed by atoms with Gasteiger partial charge < -0.3 is 5.73 Å². The Labute approximate surface area is 98.7 Å². The van der Waals surface area contributed by atoms with Gasteiger partial charge in [0.1, 0.15) is 5.82 Å². The van der Waals surface area contributed by atoms with Crippen molar-refractivity contribution in [1.82, 2.24) is 9.88 Å². The second kappa shape index (κ2) is 4.83. The maximum Gasteiger partial charge on any atom is 0.123 e. The van der Waals surface area contributed by atoms with Gasteiger partial charge in [-0.3, -0.25) is 4.90 Å². The van der Waals surface area contributed by atoms with Crippen LogP contribution < -0.4 is 5.73 Å². The van der Waals surface area contributed by atoms with E-state index in [4.69, 9.17) is 5.73 Å². The highest BCUT2D eigenvalue weighted by Gasteiger charge is 2.23. The summed E-state index contributed by atoms with van der Waals surface area (Å²) < 4.78 is 0. The lowest BCUT2D eigenvalue weighted by molar-refractivity contribution is 0.134. The summed E-state index contributed by atoms with van der Waals surface area (Å²) in [4.78, 5) is 6.45. The topological polar surface area (TPSA) is 42.1 Å². The molecule has 1 aromatic rings. The Bertz CT molecular complexity index is 324. The second-order valence-corrected chi connectivity index (χ2v) is 5.55. The molecule has 1 atom stereocenters. The predicted octanol–water partition coefficient (Wildman–Crippen LogP) is 2.53. The molecule has 0 aliphatic heterocycles. The summed E-state index contributed by atoms with van der Waals surface area (Å²) in [5, 5.41) is 0. The molecule has 0 amide bonds. The molecule has 90 valence electrons. The summed E-state index contributed by atoms with van der Waals surface area (Å²) >= 11 is 0. The molecular formula is C13H23N3. The van der Waals surface area contributed by atoms with Crippen molar-refractivity contribution in [2.24, 2.45) is 5.41 Å². The van der Waals surface area contributed by atoms with Crippen LogP contribution in [0.1, 0.15) is 33.3 Å². The number of rotatable bonds is 3. The zero-order valence-electron chi connectivity index (χ0n) is 11.0. The Hall–Kier alpha value is -1.09. The molecule has 1 rings (SSSR count). The molecule has 16 heavy (non-hydrogen) atoms. The largest absolute Gasteiger partial charge is 0.384 e. The minimum atomic E-state index is 0.288. The average Bonchev–Trinajstić information content (AvgIpc) is 2.19. The molecular weight excluding hydrogens is 198 g/mol. The maximum absolute atomic E-state index is 5.56. The number of anilines is 1. The van der Waals surface area contributed by atoms with Crippen molar-refractivity contribution in [2.75, 3.05) is 12.8 Å². The van der Waals surface area contributed by atoms with Crippen LogP contribution in [0.3, 0.4) is 0 Å². The van der Waals surface area contributed by atoms with Crippen molar-refractivity contribution < 1.29 is 0 Å². The van der Waals surface area contributed by atoms with Crippen molar-refractivity contribution in [3.8, 4) is 0 Å². The van der Waals surface area contributed by atoms with E-state index < -0.39 is 0 Å².